The Kier molecular flexibility index (Phi) is 8.57. The molecule has 0 unspecified atom stereocenters. The number of aromatic amines is 1. The summed E-state index contributed by atoms with van der Waals surface area (Å²) in [6.07, 6.45) is 4.55. The zero-order valence-electron chi connectivity index (χ0n) is 23.2. The van der Waals surface area contributed by atoms with Crippen LogP contribution in [0.3, 0.4) is 0 Å². The normalized spacial score (nSPS) is 13.4. The molecule has 0 atom stereocenters. The van der Waals surface area contributed by atoms with E-state index in [1.165, 1.54) is 24.4 Å². The van der Waals surface area contributed by atoms with Gasteiger partial charge in [0.15, 0.2) is 0 Å². The van der Waals surface area contributed by atoms with Crippen LogP contribution in [0.1, 0.15) is 61.0 Å². The van der Waals surface area contributed by atoms with Gasteiger partial charge in [0.05, 0.1) is 23.0 Å². The summed E-state index contributed by atoms with van der Waals surface area (Å²) in [5, 5.41) is 9.66. The number of carbonyl (C=O) groups is 3. The smallest absolute Gasteiger partial charge is 0.338 e. The van der Waals surface area contributed by atoms with Crippen molar-refractivity contribution in [1.29, 1.82) is 0 Å². The van der Waals surface area contributed by atoms with E-state index in [0.29, 0.717) is 46.7 Å². The molecule has 8 nitrogen and oxygen atoms in total. The minimum Gasteiger partial charge on any atom is -0.458 e. The van der Waals surface area contributed by atoms with Crippen molar-refractivity contribution < 1.29 is 23.5 Å². The average molecular weight is 567 g/mol. The third-order valence-electron chi connectivity index (χ3n) is 7.47. The molecule has 2 N–H and O–H groups in total. The number of likely N-dealkylation sites (tertiary alicyclic amines) is 1. The topological polar surface area (TPSA) is 104 Å². The number of esters is 1. The van der Waals surface area contributed by atoms with E-state index in [1.54, 1.807) is 36.4 Å². The maximum absolute atomic E-state index is 13.5. The standard InChI is InChI=1S/C33H31FN4O4/c1-3-18-42-33(41)25-7-5-22(6-8-25)23-14-16-38(17-15-23)32(40)28-19-27(13-4-21(28)2)36-31(39)29-20-35-37-30(29)24-9-11-26(34)12-10-24/h3-13,19-20,23H,1,14-18H2,2H3,(H,35,37)(H,36,39). The molecule has 0 radical (unpaired) electrons. The van der Waals surface area contributed by atoms with Crippen LogP contribution < -0.4 is 5.32 Å². The van der Waals surface area contributed by atoms with Crippen LogP contribution in [0, 0.1) is 12.7 Å². The number of halogens is 1. The summed E-state index contributed by atoms with van der Waals surface area (Å²) < 4.78 is 18.4. The van der Waals surface area contributed by atoms with E-state index in [-0.39, 0.29) is 30.2 Å². The number of ether oxygens (including phenoxy) is 1. The number of carbonyl (C=O) groups excluding carboxylic acids is 3. The number of benzene rings is 3. The number of hydrogen-bond donors (Lipinski definition) is 2. The predicted octanol–water partition coefficient (Wildman–Crippen LogP) is 6.14. The van der Waals surface area contributed by atoms with Crippen molar-refractivity contribution in [3.8, 4) is 11.3 Å². The van der Waals surface area contributed by atoms with Gasteiger partial charge in [-0.2, -0.15) is 5.10 Å². The minimum absolute atomic E-state index is 0.0855. The van der Waals surface area contributed by atoms with Crippen LogP contribution in [0.2, 0.25) is 0 Å². The third-order valence-corrected chi connectivity index (χ3v) is 7.47. The van der Waals surface area contributed by atoms with Gasteiger partial charge in [-0.3, -0.25) is 14.7 Å². The Morgan fingerprint density at radius 2 is 1.76 bits per heavy atom. The number of nitrogens with zero attached hydrogens (tertiary/aromatic N) is 2. The Hall–Kier alpha value is -5.05. The van der Waals surface area contributed by atoms with Gasteiger partial charge in [-0.25, -0.2) is 9.18 Å². The fraction of sp³-hybridized carbons (Fsp3) is 0.212. The zero-order chi connectivity index (χ0) is 29.6. The lowest BCUT2D eigenvalue weighted by Crippen LogP contribution is -2.38. The molecule has 9 heteroatoms. The lowest BCUT2D eigenvalue weighted by Gasteiger charge is -2.32. The van der Waals surface area contributed by atoms with Crippen LogP contribution in [-0.2, 0) is 4.74 Å². The molecule has 5 rings (SSSR count). The van der Waals surface area contributed by atoms with Crippen molar-refractivity contribution in [2.75, 3.05) is 25.0 Å². The molecule has 1 aliphatic rings. The molecule has 2 heterocycles. The number of rotatable bonds is 8. The number of piperidine rings is 1. The molecule has 0 aliphatic carbocycles. The summed E-state index contributed by atoms with van der Waals surface area (Å²) in [7, 11) is 0. The van der Waals surface area contributed by atoms with E-state index in [0.717, 1.165) is 24.0 Å². The van der Waals surface area contributed by atoms with Crippen molar-refractivity contribution in [2.24, 2.45) is 0 Å². The third kappa shape index (κ3) is 6.30. The van der Waals surface area contributed by atoms with E-state index in [4.69, 9.17) is 4.74 Å². The quantitative estimate of drug-likeness (QED) is 0.197. The molecule has 0 saturated carbocycles. The maximum Gasteiger partial charge on any atom is 0.338 e. The molecule has 3 aromatic carbocycles. The van der Waals surface area contributed by atoms with Gasteiger partial charge >= 0.3 is 5.97 Å². The van der Waals surface area contributed by atoms with Crippen LogP contribution in [0.5, 0.6) is 0 Å². The minimum atomic E-state index is -0.397. The summed E-state index contributed by atoms with van der Waals surface area (Å²) in [4.78, 5) is 40.5. The van der Waals surface area contributed by atoms with Gasteiger partial charge in [0, 0.05) is 29.9 Å². The fourth-order valence-corrected chi connectivity index (χ4v) is 5.12. The summed E-state index contributed by atoms with van der Waals surface area (Å²) in [6.45, 7) is 6.78. The Morgan fingerprint density at radius 3 is 2.45 bits per heavy atom. The predicted molar refractivity (Wildman–Crippen MR) is 158 cm³/mol. The lowest BCUT2D eigenvalue weighted by atomic mass is 9.88. The number of anilines is 1. The molecule has 0 spiro atoms. The highest BCUT2D eigenvalue weighted by Gasteiger charge is 2.26. The highest BCUT2D eigenvalue weighted by Crippen LogP contribution is 2.30. The summed E-state index contributed by atoms with van der Waals surface area (Å²) in [5.74, 6) is -0.954. The highest BCUT2D eigenvalue weighted by molar-refractivity contribution is 6.08. The van der Waals surface area contributed by atoms with Gasteiger partial charge in [0.25, 0.3) is 11.8 Å². The van der Waals surface area contributed by atoms with Gasteiger partial charge in [0.2, 0.25) is 0 Å². The van der Waals surface area contributed by atoms with Crippen molar-refractivity contribution in [3.63, 3.8) is 0 Å². The molecular formula is C33H31FN4O4. The summed E-state index contributed by atoms with van der Waals surface area (Å²) in [6, 6.07) is 18.5. The molecule has 2 amide bonds. The van der Waals surface area contributed by atoms with Crippen LogP contribution in [-0.4, -0.2) is 52.6 Å². The molecule has 1 aromatic heterocycles. The number of hydrogen-bond acceptors (Lipinski definition) is 5. The monoisotopic (exact) mass is 566 g/mol. The fourth-order valence-electron chi connectivity index (χ4n) is 5.12. The number of aryl methyl sites for hydroxylation is 1. The number of amides is 2. The van der Waals surface area contributed by atoms with Gasteiger partial charge in [-0.1, -0.05) is 30.9 Å². The first-order chi connectivity index (χ1) is 20.3. The maximum atomic E-state index is 13.5. The summed E-state index contributed by atoms with van der Waals surface area (Å²) in [5.41, 5.74) is 4.86. The largest absolute Gasteiger partial charge is 0.458 e. The first-order valence-corrected chi connectivity index (χ1v) is 13.7. The lowest BCUT2D eigenvalue weighted by molar-refractivity contribution is 0.0549. The summed E-state index contributed by atoms with van der Waals surface area (Å²) >= 11 is 0. The van der Waals surface area contributed by atoms with E-state index in [2.05, 4.69) is 22.1 Å². The van der Waals surface area contributed by atoms with Crippen LogP contribution in [0.15, 0.2) is 85.6 Å². The molecule has 1 saturated heterocycles. The van der Waals surface area contributed by atoms with Gasteiger partial charge in [-0.05, 0) is 85.3 Å². The molecule has 0 bridgehead atoms. The number of H-pyrrole nitrogens is 1. The average Bonchev–Trinajstić information content (AvgIpc) is 3.51. The van der Waals surface area contributed by atoms with Crippen LogP contribution in [0.25, 0.3) is 11.3 Å². The van der Waals surface area contributed by atoms with Crippen molar-refractivity contribution >= 4 is 23.5 Å². The highest BCUT2D eigenvalue weighted by atomic mass is 19.1. The Labute approximate surface area is 243 Å². The van der Waals surface area contributed by atoms with Crippen molar-refractivity contribution in [2.45, 2.75) is 25.7 Å². The second kappa shape index (κ2) is 12.6. The first kappa shape index (κ1) is 28.5. The van der Waals surface area contributed by atoms with E-state index < -0.39 is 5.91 Å². The number of nitrogens with one attached hydrogen (secondary N) is 2. The molecule has 4 aromatic rings. The zero-order valence-corrected chi connectivity index (χ0v) is 23.2. The first-order valence-electron chi connectivity index (χ1n) is 13.7. The van der Waals surface area contributed by atoms with Crippen LogP contribution in [0.4, 0.5) is 10.1 Å². The van der Waals surface area contributed by atoms with Crippen molar-refractivity contribution in [3.05, 3.63) is 119 Å². The van der Waals surface area contributed by atoms with Crippen LogP contribution >= 0.6 is 0 Å². The molecule has 1 aliphatic heterocycles. The Morgan fingerprint density at radius 1 is 1.05 bits per heavy atom. The van der Waals surface area contributed by atoms with Gasteiger partial charge < -0.3 is 15.0 Å². The molecule has 214 valence electrons. The van der Waals surface area contributed by atoms with E-state index in [1.807, 2.05) is 30.0 Å². The van der Waals surface area contributed by atoms with E-state index >= 15 is 0 Å². The SMILES string of the molecule is C=CCOC(=O)c1ccc(C2CCN(C(=O)c3cc(NC(=O)c4cn[nH]c4-c4ccc(F)cc4)ccc3C)CC2)cc1. The molecular weight excluding hydrogens is 535 g/mol. The van der Waals surface area contributed by atoms with Gasteiger partial charge in [-0.15, -0.1) is 0 Å². The second-order valence-corrected chi connectivity index (χ2v) is 10.2. The van der Waals surface area contributed by atoms with Crippen molar-refractivity contribution in [1.82, 2.24) is 15.1 Å². The Balaban J connectivity index is 1.22. The molecule has 1 fully saturated rings. The van der Waals surface area contributed by atoms with E-state index in [9.17, 15) is 18.8 Å². The number of aromatic nitrogens is 2. The Bertz CT molecular complexity index is 1600. The second-order valence-electron chi connectivity index (χ2n) is 10.2. The molecule has 42 heavy (non-hydrogen) atoms. The van der Waals surface area contributed by atoms with Gasteiger partial charge in [0.1, 0.15) is 12.4 Å².